The number of fused-ring (bicyclic) bond motifs is 1. The van der Waals surface area contributed by atoms with Crippen molar-refractivity contribution in [3.05, 3.63) is 76.0 Å². The Morgan fingerprint density at radius 1 is 1.03 bits per heavy atom. The second kappa shape index (κ2) is 8.43. The Hall–Kier alpha value is -3.21. The molecule has 1 amide bonds. The van der Waals surface area contributed by atoms with Crippen LogP contribution in [-0.2, 0) is 16.1 Å². The zero-order valence-corrected chi connectivity index (χ0v) is 17.6. The predicted molar refractivity (Wildman–Crippen MR) is 114 cm³/mol. The number of aromatic nitrogens is 1. The Labute approximate surface area is 171 Å². The molecule has 0 unspecified atom stereocenters. The summed E-state index contributed by atoms with van der Waals surface area (Å²) in [7, 11) is 1.71. The molecule has 2 aromatic carbocycles. The zero-order chi connectivity index (χ0) is 21.1. The number of benzene rings is 2. The van der Waals surface area contributed by atoms with Gasteiger partial charge in [-0.15, -0.1) is 0 Å². The molecule has 0 aliphatic heterocycles. The van der Waals surface area contributed by atoms with E-state index in [1.54, 1.807) is 18.9 Å². The largest absolute Gasteiger partial charge is 0.452 e. The molecule has 150 valence electrons. The summed E-state index contributed by atoms with van der Waals surface area (Å²) in [5.41, 5.74) is 6.07. The number of hydrogen-bond donors (Lipinski definition) is 0. The van der Waals surface area contributed by atoms with Crippen molar-refractivity contribution in [1.82, 2.24) is 9.88 Å². The molecule has 0 fully saturated rings. The molecule has 3 aromatic rings. The fourth-order valence-electron chi connectivity index (χ4n) is 3.51. The SMILES string of the molecule is Cc1ccc(CN(C)C(=O)COC(=O)c2c(C)nc3ccccc3c2C)c(C)c1. The first-order valence-electron chi connectivity index (χ1n) is 9.61. The molecular formula is C24H26N2O3. The van der Waals surface area contributed by atoms with E-state index in [4.69, 9.17) is 4.74 Å². The number of esters is 1. The number of hydrogen-bond acceptors (Lipinski definition) is 4. The van der Waals surface area contributed by atoms with Crippen molar-refractivity contribution in [1.29, 1.82) is 0 Å². The van der Waals surface area contributed by atoms with Gasteiger partial charge in [0.1, 0.15) is 0 Å². The number of amides is 1. The van der Waals surface area contributed by atoms with Crippen LogP contribution in [0.3, 0.4) is 0 Å². The van der Waals surface area contributed by atoms with Gasteiger partial charge in [-0.05, 0) is 50.5 Å². The van der Waals surface area contributed by atoms with Gasteiger partial charge in [0.15, 0.2) is 6.61 Å². The van der Waals surface area contributed by atoms with E-state index in [2.05, 4.69) is 11.1 Å². The molecule has 1 heterocycles. The number of aryl methyl sites for hydroxylation is 4. The van der Waals surface area contributed by atoms with Crippen LogP contribution in [0.5, 0.6) is 0 Å². The Balaban J connectivity index is 1.68. The topological polar surface area (TPSA) is 59.5 Å². The molecule has 5 heteroatoms. The van der Waals surface area contributed by atoms with Gasteiger partial charge in [-0.3, -0.25) is 9.78 Å². The number of ether oxygens (including phenoxy) is 1. The first-order valence-corrected chi connectivity index (χ1v) is 9.61. The monoisotopic (exact) mass is 390 g/mol. The number of carbonyl (C=O) groups excluding carboxylic acids is 2. The molecule has 3 rings (SSSR count). The van der Waals surface area contributed by atoms with Gasteiger partial charge in [0.25, 0.3) is 5.91 Å². The highest BCUT2D eigenvalue weighted by Crippen LogP contribution is 2.23. The lowest BCUT2D eigenvalue weighted by Crippen LogP contribution is -2.31. The minimum absolute atomic E-state index is 0.248. The maximum atomic E-state index is 12.7. The van der Waals surface area contributed by atoms with Gasteiger partial charge in [-0.1, -0.05) is 42.0 Å². The summed E-state index contributed by atoms with van der Waals surface area (Å²) in [6, 6.07) is 13.8. The van der Waals surface area contributed by atoms with E-state index in [9.17, 15) is 9.59 Å². The van der Waals surface area contributed by atoms with E-state index in [-0.39, 0.29) is 12.5 Å². The maximum absolute atomic E-state index is 12.7. The number of nitrogens with zero attached hydrogens (tertiary/aromatic N) is 2. The first kappa shape index (κ1) is 20.5. The average Bonchev–Trinajstić information content (AvgIpc) is 2.68. The Morgan fingerprint density at radius 2 is 1.76 bits per heavy atom. The van der Waals surface area contributed by atoms with Crippen LogP contribution in [0.1, 0.15) is 38.3 Å². The third-order valence-electron chi connectivity index (χ3n) is 5.20. The van der Waals surface area contributed by atoms with E-state index in [0.29, 0.717) is 17.8 Å². The van der Waals surface area contributed by atoms with Gasteiger partial charge in [0.2, 0.25) is 0 Å². The molecule has 0 aliphatic carbocycles. The lowest BCUT2D eigenvalue weighted by Gasteiger charge is -2.19. The molecule has 1 aromatic heterocycles. The number of likely N-dealkylation sites (N-methyl/N-ethyl adjacent to an activating group) is 1. The molecule has 29 heavy (non-hydrogen) atoms. The number of para-hydroxylation sites is 1. The van der Waals surface area contributed by atoms with Crippen LogP contribution in [0, 0.1) is 27.7 Å². The highest BCUT2D eigenvalue weighted by molar-refractivity contribution is 5.99. The maximum Gasteiger partial charge on any atom is 0.340 e. The smallest absolute Gasteiger partial charge is 0.340 e. The summed E-state index contributed by atoms with van der Waals surface area (Å²) in [5, 5.41) is 0.906. The van der Waals surface area contributed by atoms with E-state index < -0.39 is 5.97 Å². The Kier molecular flexibility index (Phi) is 5.97. The third-order valence-corrected chi connectivity index (χ3v) is 5.20. The van der Waals surface area contributed by atoms with Crippen LogP contribution in [0.25, 0.3) is 10.9 Å². The second-order valence-corrected chi connectivity index (χ2v) is 7.47. The lowest BCUT2D eigenvalue weighted by molar-refractivity contribution is -0.133. The van der Waals surface area contributed by atoms with Crippen LogP contribution in [0.15, 0.2) is 42.5 Å². The van der Waals surface area contributed by atoms with Gasteiger partial charge < -0.3 is 9.64 Å². The normalized spacial score (nSPS) is 10.8. The number of carbonyl (C=O) groups is 2. The fraction of sp³-hybridized carbons (Fsp3) is 0.292. The molecule has 0 spiro atoms. The van der Waals surface area contributed by atoms with E-state index in [1.165, 1.54) is 5.56 Å². The number of pyridine rings is 1. The van der Waals surface area contributed by atoms with Crippen LogP contribution in [0.4, 0.5) is 0 Å². The van der Waals surface area contributed by atoms with Crippen LogP contribution in [-0.4, -0.2) is 35.4 Å². The molecule has 5 nitrogen and oxygen atoms in total. The van der Waals surface area contributed by atoms with Gasteiger partial charge in [0.05, 0.1) is 16.8 Å². The van der Waals surface area contributed by atoms with Crippen molar-refractivity contribution in [2.45, 2.75) is 34.2 Å². The van der Waals surface area contributed by atoms with Crippen LogP contribution < -0.4 is 0 Å². The average molecular weight is 390 g/mol. The first-order chi connectivity index (χ1) is 13.8. The summed E-state index contributed by atoms with van der Waals surface area (Å²) in [5.74, 6) is -0.770. The van der Waals surface area contributed by atoms with E-state index in [0.717, 1.165) is 27.6 Å². The Morgan fingerprint density at radius 3 is 2.48 bits per heavy atom. The summed E-state index contributed by atoms with van der Waals surface area (Å²) in [4.78, 5) is 31.2. The van der Waals surface area contributed by atoms with Crippen molar-refractivity contribution >= 4 is 22.8 Å². The summed E-state index contributed by atoms with van der Waals surface area (Å²) in [6.07, 6.45) is 0. The Bertz CT molecular complexity index is 1090. The molecule has 0 atom stereocenters. The molecule has 0 radical (unpaired) electrons. The molecule has 0 aliphatic rings. The van der Waals surface area contributed by atoms with Crippen molar-refractivity contribution in [2.75, 3.05) is 13.7 Å². The zero-order valence-electron chi connectivity index (χ0n) is 17.6. The highest BCUT2D eigenvalue weighted by Gasteiger charge is 2.20. The standard InChI is InChI=1S/C24H26N2O3/c1-15-10-11-19(16(2)12-15)13-26(5)22(27)14-29-24(28)23-17(3)20-8-6-7-9-21(20)25-18(23)4/h6-12H,13-14H2,1-5H3. The molecule has 0 saturated heterocycles. The molecule has 0 bridgehead atoms. The van der Waals surface area contributed by atoms with Crippen LogP contribution >= 0.6 is 0 Å². The lowest BCUT2D eigenvalue weighted by atomic mass is 10.0. The third kappa shape index (κ3) is 4.45. The minimum Gasteiger partial charge on any atom is -0.452 e. The minimum atomic E-state index is -0.522. The molecule has 0 N–H and O–H groups in total. The van der Waals surface area contributed by atoms with Crippen molar-refractivity contribution < 1.29 is 14.3 Å². The van der Waals surface area contributed by atoms with Gasteiger partial charge in [0, 0.05) is 19.0 Å². The fourth-order valence-corrected chi connectivity index (χ4v) is 3.51. The van der Waals surface area contributed by atoms with Gasteiger partial charge >= 0.3 is 5.97 Å². The molecular weight excluding hydrogens is 364 g/mol. The quantitative estimate of drug-likeness (QED) is 0.610. The number of rotatable bonds is 5. The predicted octanol–water partition coefficient (Wildman–Crippen LogP) is 4.28. The van der Waals surface area contributed by atoms with Crippen molar-refractivity contribution in [2.24, 2.45) is 0 Å². The molecule has 0 saturated carbocycles. The second-order valence-electron chi connectivity index (χ2n) is 7.47. The van der Waals surface area contributed by atoms with E-state index in [1.807, 2.05) is 57.2 Å². The van der Waals surface area contributed by atoms with E-state index >= 15 is 0 Å². The van der Waals surface area contributed by atoms with Crippen LogP contribution in [0.2, 0.25) is 0 Å². The summed E-state index contributed by atoms with van der Waals surface area (Å²) in [6.45, 7) is 7.89. The van der Waals surface area contributed by atoms with Gasteiger partial charge in [-0.25, -0.2) is 4.79 Å². The van der Waals surface area contributed by atoms with Gasteiger partial charge in [-0.2, -0.15) is 0 Å². The van der Waals surface area contributed by atoms with Crippen molar-refractivity contribution in [3.8, 4) is 0 Å². The van der Waals surface area contributed by atoms with Crippen molar-refractivity contribution in [3.63, 3.8) is 0 Å². The summed E-state index contributed by atoms with van der Waals surface area (Å²) >= 11 is 0. The highest BCUT2D eigenvalue weighted by atomic mass is 16.5. The summed E-state index contributed by atoms with van der Waals surface area (Å²) < 4.78 is 5.34.